The summed E-state index contributed by atoms with van der Waals surface area (Å²) in [6.07, 6.45) is 3.62. The van der Waals surface area contributed by atoms with Crippen molar-refractivity contribution in [3.05, 3.63) is 46.9 Å². The standard InChI is InChI=1S/C11H12N2S/c1-9(11-5-3-7-14-11)13-10-4-2-6-12-8-10/h2-9,13H,1H3. The van der Waals surface area contributed by atoms with Crippen molar-refractivity contribution in [3.63, 3.8) is 0 Å². The van der Waals surface area contributed by atoms with Crippen LogP contribution in [0.15, 0.2) is 42.0 Å². The summed E-state index contributed by atoms with van der Waals surface area (Å²) in [6, 6.07) is 8.51. The lowest BCUT2D eigenvalue weighted by Gasteiger charge is -2.12. The number of rotatable bonds is 3. The lowest BCUT2D eigenvalue weighted by Crippen LogP contribution is -2.04. The summed E-state index contributed by atoms with van der Waals surface area (Å²) in [5, 5.41) is 5.49. The molecule has 2 rings (SSSR count). The molecule has 3 heteroatoms. The molecule has 0 aliphatic carbocycles. The van der Waals surface area contributed by atoms with Gasteiger partial charge in [0, 0.05) is 17.3 Å². The Morgan fingerprint density at radius 2 is 2.29 bits per heavy atom. The van der Waals surface area contributed by atoms with Gasteiger partial charge in [-0.05, 0) is 30.5 Å². The number of nitrogens with zero attached hydrogens (tertiary/aromatic N) is 1. The third-order valence-electron chi connectivity index (χ3n) is 2.01. The van der Waals surface area contributed by atoms with Gasteiger partial charge in [-0.2, -0.15) is 0 Å². The van der Waals surface area contributed by atoms with Crippen LogP contribution in [0.4, 0.5) is 5.69 Å². The Bertz CT molecular complexity index is 369. The summed E-state index contributed by atoms with van der Waals surface area (Å²) in [5.74, 6) is 0. The first kappa shape index (κ1) is 9.21. The van der Waals surface area contributed by atoms with E-state index in [9.17, 15) is 0 Å². The Kier molecular flexibility index (Phi) is 2.79. The van der Waals surface area contributed by atoms with E-state index in [0.29, 0.717) is 6.04 Å². The van der Waals surface area contributed by atoms with E-state index in [-0.39, 0.29) is 0 Å². The van der Waals surface area contributed by atoms with Crippen LogP contribution < -0.4 is 5.32 Å². The zero-order chi connectivity index (χ0) is 9.80. The predicted octanol–water partition coefficient (Wildman–Crippen LogP) is 3.32. The van der Waals surface area contributed by atoms with Crippen LogP contribution in [0.1, 0.15) is 17.8 Å². The minimum Gasteiger partial charge on any atom is -0.376 e. The Morgan fingerprint density at radius 3 is 2.93 bits per heavy atom. The van der Waals surface area contributed by atoms with Crippen LogP contribution in [0.3, 0.4) is 0 Å². The molecule has 72 valence electrons. The van der Waals surface area contributed by atoms with E-state index >= 15 is 0 Å². The quantitative estimate of drug-likeness (QED) is 0.829. The summed E-state index contributed by atoms with van der Waals surface area (Å²) in [6.45, 7) is 2.15. The number of anilines is 1. The SMILES string of the molecule is CC(Nc1cccnc1)c1cccs1. The van der Waals surface area contributed by atoms with Gasteiger partial charge in [-0.1, -0.05) is 6.07 Å². The third-order valence-corrected chi connectivity index (χ3v) is 3.07. The highest BCUT2D eigenvalue weighted by Crippen LogP contribution is 2.22. The number of aromatic nitrogens is 1. The van der Waals surface area contributed by atoms with Gasteiger partial charge in [0.15, 0.2) is 0 Å². The zero-order valence-electron chi connectivity index (χ0n) is 7.97. The van der Waals surface area contributed by atoms with Crippen LogP contribution in [-0.2, 0) is 0 Å². The molecule has 0 fully saturated rings. The third kappa shape index (κ3) is 2.12. The van der Waals surface area contributed by atoms with Gasteiger partial charge in [0.1, 0.15) is 0 Å². The fraction of sp³-hybridized carbons (Fsp3) is 0.182. The van der Waals surface area contributed by atoms with Gasteiger partial charge < -0.3 is 5.32 Å². The summed E-state index contributed by atoms with van der Waals surface area (Å²) in [4.78, 5) is 5.40. The van der Waals surface area contributed by atoms with E-state index in [1.807, 2.05) is 18.3 Å². The molecular formula is C11H12N2S. The number of nitrogens with one attached hydrogen (secondary N) is 1. The normalized spacial score (nSPS) is 12.4. The van der Waals surface area contributed by atoms with Crippen LogP contribution in [0.2, 0.25) is 0 Å². The molecular weight excluding hydrogens is 192 g/mol. The van der Waals surface area contributed by atoms with Crippen molar-refractivity contribution in [2.45, 2.75) is 13.0 Å². The second-order valence-electron chi connectivity index (χ2n) is 3.12. The molecule has 14 heavy (non-hydrogen) atoms. The Morgan fingerprint density at radius 1 is 1.36 bits per heavy atom. The molecule has 2 aromatic heterocycles. The molecule has 0 radical (unpaired) electrons. The molecule has 0 aromatic carbocycles. The van der Waals surface area contributed by atoms with Gasteiger partial charge in [-0.3, -0.25) is 4.98 Å². The summed E-state index contributed by atoms with van der Waals surface area (Å²) in [5.41, 5.74) is 1.06. The molecule has 0 aliphatic heterocycles. The van der Waals surface area contributed by atoms with Crippen LogP contribution in [0.5, 0.6) is 0 Å². The minimum atomic E-state index is 0.346. The number of hydrogen-bond donors (Lipinski definition) is 1. The molecule has 1 N–H and O–H groups in total. The number of thiophene rings is 1. The lowest BCUT2D eigenvalue weighted by molar-refractivity contribution is 0.906. The van der Waals surface area contributed by atoms with Crippen molar-refractivity contribution >= 4 is 17.0 Å². The minimum absolute atomic E-state index is 0.346. The van der Waals surface area contributed by atoms with Crippen molar-refractivity contribution in [2.75, 3.05) is 5.32 Å². The van der Waals surface area contributed by atoms with Crippen molar-refractivity contribution in [1.82, 2.24) is 4.98 Å². The van der Waals surface area contributed by atoms with Crippen LogP contribution in [0.25, 0.3) is 0 Å². The summed E-state index contributed by atoms with van der Waals surface area (Å²) >= 11 is 1.77. The van der Waals surface area contributed by atoms with Gasteiger partial charge in [-0.25, -0.2) is 0 Å². The molecule has 2 heterocycles. The molecule has 0 spiro atoms. The lowest BCUT2D eigenvalue weighted by atomic mass is 10.2. The monoisotopic (exact) mass is 204 g/mol. The van der Waals surface area contributed by atoms with Gasteiger partial charge >= 0.3 is 0 Å². The maximum absolute atomic E-state index is 4.06. The van der Waals surface area contributed by atoms with Crippen molar-refractivity contribution in [2.24, 2.45) is 0 Å². The summed E-state index contributed by atoms with van der Waals surface area (Å²) in [7, 11) is 0. The molecule has 0 bridgehead atoms. The first-order valence-electron chi connectivity index (χ1n) is 4.56. The van der Waals surface area contributed by atoms with E-state index in [1.54, 1.807) is 17.5 Å². The molecule has 0 saturated heterocycles. The van der Waals surface area contributed by atoms with Crippen LogP contribution >= 0.6 is 11.3 Å². The molecule has 1 unspecified atom stereocenters. The van der Waals surface area contributed by atoms with Gasteiger partial charge in [0.2, 0.25) is 0 Å². The fourth-order valence-electron chi connectivity index (χ4n) is 1.31. The first-order valence-corrected chi connectivity index (χ1v) is 5.44. The molecule has 2 aromatic rings. The van der Waals surface area contributed by atoms with Crippen LogP contribution in [0, 0.1) is 0 Å². The van der Waals surface area contributed by atoms with E-state index in [4.69, 9.17) is 0 Å². The second kappa shape index (κ2) is 4.24. The zero-order valence-corrected chi connectivity index (χ0v) is 8.79. The molecule has 0 aliphatic rings. The Labute approximate surface area is 87.6 Å². The average molecular weight is 204 g/mol. The number of hydrogen-bond acceptors (Lipinski definition) is 3. The largest absolute Gasteiger partial charge is 0.376 e. The van der Waals surface area contributed by atoms with Crippen molar-refractivity contribution < 1.29 is 0 Å². The predicted molar refractivity (Wildman–Crippen MR) is 60.6 cm³/mol. The van der Waals surface area contributed by atoms with Crippen molar-refractivity contribution in [1.29, 1.82) is 0 Å². The van der Waals surface area contributed by atoms with Gasteiger partial charge in [-0.15, -0.1) is 11.3 Å². The maximum Gasteiger partial charge on any atom is 0.0578 e. The van der Waals surface area contributed by atoms with E-state index in [2.05, 4.69) is 34.7 Å². The molecule has 0 amide bonds. The van der Waals surface area contributed by atoms with Crippen LogP contribution in [-0.4, -0.2) is 4.98 Å². The smallest absolute Gasteiger partial charge is 0.0578 e. The second-order valence-corrected chi connectivity index (χ2v) is 4.10. The highest BCUT2D eigenvalue weighted by molar-refractivity contribution is 7.10. The van der Waals surface area contributed by atoms with Gasteiger partial charge in [0.05, 0.1) is 11.7 Å². The molecule has 0 saturated carbocycles. The highest BCUT2D eigenvalue weighted by Gasteiger charge is 2.04. The van der Waals surface area contributed by atoms with E-state index in [1.165, 1.54) is 4.88 Å². The van der Waals surface area contributed by atoms with E-state index in [0.717, 1.165) is 5.69 Å². The number of pyridine rings is 1. The topological polar surface area (TPSA) is 24.9 Å². The first-order chi connectivity index (χ1) is 6.86. The summed E-state index contributed by atoms with van der Waals surface area (Å²) < 4.78 is 0. The van der Waals surface area contributed by atoms with Gasteiger partial charge in [0.25, 0.3) is 0 Å². The van der Waals surface area contributed by atoms with Crippen molar-refractivity contribution in [3.8, 4) is 0 Å². The Balaban J connectivity index is 2.06. The average Bonchev–Trinajstić information content (AvgIpc) is 2.72. The maximum atomic E-state index is 4.06. The van der Waals surface area contributed by atoms with E-state index < -0.39 is 0 Å². The molecule has 1 atom stereocenters. The highest BCUT2D eigenvalue weighted by atomic mass is 32.1. The fourth-order valence-corrected chi connectivity index (χ4v) is 2.04. The Hall–Kier alpha value is -1.35. The molecule has 2 nitrogen and oxygen atoms in total.